The highest BCUT2D eigenvalue weighted by atomic mass is 35.5. The smallest absolute Gasteiger partial charge is 0.233 e. The molecule has 3 rings (SSSR count). The lowest BCUT2D eigenvalue weighted by molar-refractivity contribution is -0.120. The summed E-state index contributed by atoms with van der Waals surface area (Å²) in [4.78, 5) is 21.4. The molecule has 1 aromatic rings. The normalized spacial score (nSPS) is 20.3. The Morgan fingerprint density at radius 3 is 3.00 bits per heavy atom. The van der Waals surface area contributed by atoms with Crippen LogP contribution in [0.25, 0.3) is 0 Å². The summed E-state index contributed by atoms with van der Waals surface area (Å²) >= 11 is 5.71. The monoisotopic (exact) mass is 225 g/mol. The highest BCUT2D eigenvalue weighted by molar-refractivity contribution is 6.28. The minimum absolute atomic E-state index is 0.0508. The summed E-state index contributed by atoms with van der Waals surface area (Å²) in [6, 6.07) is 0.115. The van der Waals surface area contributed by atoms with Gasteiger partial charge in [-0.05, 0) is 11.6 Å². The average Bonchev–Trinajstić information content (AvgIpc) is 2.42. The lowest BCUT2D eigenvalue weighted by atomic mass is 10.2. The van der Waals surface area contributed by atoms with Crippen molar-refractivity contribution in [1.82, 2.24) is 9.97 Å². The largest absolute Gasteiger partial charge is 0.377 e. The van der Waals surface area contributed by atoms with Crippen LogP contribution in [0.4, 0.5) is 5.82 Å². The number of nitrogens with zero attached hydrogens (tertiary/aromatic N) is 3. The number of aromatic nitrogens is 2. The van der Waals surface area contributed by atoms with Crippen molar-refractivity contribution in [2.75, 3.05) is 18.1 Å². The second-order valence-electron chi connectivity index (χ2n) is 3.62. The van der Waals surface area contributed by atoms with E-state index in [9.17, 15) is 4.79 Å². The number of carbonyl (C=O) groups is 1. The van der Waals surface area contributed by atoms with Crippen LogP contribution in [0.3, 0.4) is 0 Å². The molecular weight excluding hydrogens is 218 g/mol. The van der Waals surface area contributed by atoms with Gasteiger partial charge in [0.15, 0.2) is 0 Å². The molecule has 0 atom stereocenters. The first-order valence-corrected chi connectivity index (χ1v) is 5.05. The van der Waals surface area contributed by atoms with Crippen LogP contribution in [0.15, 0.2) is 6.20 Å². The number of hydrogen-bond acceptors (Lipinski definition) is 4. The summed E-state index contributed by atoms with van der Waals surface area (Å²) in [6.45, 7) is 1.15. The van der Waals surface area contributed by atoms with Crippen molar-refractivity contribution in [3.8, 4) is 0 Å². The van der Waals surface area contributed by atoms with Gasteiger partial charge in [-0.2, -0.15) is 4.98 Å². The van der Waals surface area contributed by atoms with Gasteiger partial charge in [-0.1, -0.05) is 0 Å². The van der Waals surface area contributed by atoms with E-state index in [1.807, 2.05) is 0 Å². The Morgan fingerprint density at radius 2 is 2.33 bits per heavy atom. The highest BCUT2D eigenvalue weighted by Crippen LogP contribution is 2.30. The maximum absolute atomic E-state index is 11.7. The number of amides is 1. The van der Waals surface area contributed by atoms with E-state index in [0.717, 1.165) is 5.56 Å². The SMILES string of the molecule is O=C1Cc2cnc(Cl)nc2N1C1COC1. The van der Waals surface area contributed by atoms with E-state index >= 15 is 0 Å². The van der Waals surface area contributed by atoms with Crippen molar-refractivity contribution in [2.24, 2.45) is 0 Å². The second-order valence-corrected chi connectivity index (χ2v) is 3.96. The molecule has 0 N–H and O–H groups in total. The van der Waals surface area contributed by atoms with Crippen LogP contribution in [0.2, 0.25) is 5.28 Å². The Labute approximate surface area is 91.0 Å². The second kappa shape index (κ2) is 3.15. The van der Waals surface area contributed by atoms with E-state index in [0.29, 0.717) is 25.5 Å². The fourth-order valence-corrected chi connectivity index (χ4v) is 1.95. The summed E-state index contributed by atoms with van der Waals surface area (Å²) in [7, 11) is 0. The fraction of sp³-hybridized carbons (Fsp3) is 0.444. The molecule has 0 aromatic carbocycles. The van der Waals surface area contributed by atoms with E-state index in [2.05, 4.69) is 9.97 Å². The number of anilines is 1. The molecule has 5 nitrogen and oxygen atoms in total. The third-order valence-corrected chi connectivity index (χ3v) is 2.82. The number of hydrogen-bond donors (Lipinski definition) is 0. The maximum atomic E-state index is 11.7. The first-order chi connectivity index (χ1) is 7.25. The Balaban J connectivity index is 2.03. The molecule has 6 heteroatoms. The first kappa shape index (κ1) is 9.06. The predicted molar refractivity (Wildman–Crippen MR) is 52.8 cm³/mol. The third-order valence-electron chi connectivity index (χ3n) is 2.64. The van der Waals surface area contributed by atoms with Crippen molar-refractivity contribution in [3.05, 3.63) is 17.0 Å². The molecule has 15 heavy (non-hydrogen) atoms. The number of halogens is 1. The first-order valence-electron chi connectivity index (χ1n) is 4.67. The van der Waals surface area contributed by atoms with Gasteiger partial charge in [0.05, 0.1) is 25.7 Å². The number of carbonyl (C=O) groups excluding carboxylic acids is 1. The molecule has 0 radical (unpaired) electrons. The van der Waals surface area contributed by atoms with Gasteiger partial charge < -0.3 is 4.74 Å². The van der Waals surface area contributed by atoms with Crippen molar-refractivity contribution >= 4 is 23.3 Å². The van der Waals surface area contributed by atoms with Gasteiger partial charge in [0, 0.05) is 11.8 Å². The molecule has 0 saturated carbocycles. The minimum Gasteiger partial charge on any atom is -0.377 e. The van der Waals surface area contributed by atoms with Crippen LogP contribution < -0.4 is 4.90 Å². The Kier molecular flexibility index (Phi) is 1.90. The van der Waals surface area contributed by atoms with Crippen molar-refractivity contribution in [2.45, 2.75) is 12.5 Å². The zero-order chi connectivity index (χ0) is 10.4. The fourth-order valence-electron chi connectivity index (χ4n) is 1.83. The van der Waals surface area contributed by atoms with Crippen LogP contribution in [0, 0.1) is 0 Å². The van der Waals surface area contributed by atoms with Gasteiger partial charge in [-0.25, -0.2) is 4.98 Å². The number of rotatable bonds is 1. The summed E-state index contributed by atoms with van der Waals surface area (Å²) < 4.78 is 5.07. The van der Waals surface area contributed by atoms with Gasteiger partial charge in [0.1, 0.15) is 5.82 Å². The zero-order valence-corrected chi connectivity index (χ0v) is 8.57. The Bertz CT molecular complexity index is 433. The van der Waals surface area contributed by atoms with Crippen LogP contribution in [-0.4, -0.2) is 35.1 Å². The summed E-state index contributed by atoms with van der Waals surface area (Å²) in [5.41, 5.74) is 0.844. The number of fused-ring (bicyclic) bond motifs is 1. The van der Waals surface area contributed by atoms with Crippen LogP contribution in [0.5, 0.6) is 0 Å². The van der Waals surface area contributed by atoms with Crippen LogP contribution in [0.1, 0.15) is 5.56 Å². The standard InChI is InChI=1S/C9H8ClN3O2/c10-9-11-2-5-1-7(14)13(8(5)12-9)6-3-15-4-6/h2,6H,1,3-4H2. The summed E-state index contributed by atoms with van der Waals surface area (Å²) in [5, 5.41) is 0.175. The molecule has 3 heterocycles. The van der Waals surface area contributed by atoms with Gasteiger partial charge in [-0.3, -0.25) is 9.69 Å². The van der Waals surface area contributed by atoms with Gasteiger partial charge in [0.2, 0.25) is 11.2 Å². The minimum atomic E-state index is 0.0508. The molecule has 2 aliphatic rings. The molecular formula is C9H8ClN3O2. The molecule has 0 spiro atoms. The predicted octanol–water partition coefficient (Wildman–Crippen LogP) is 0.418. The maximum Gasteiger partial charge on any atom is 0.233 e. The van der Waals surface area contributed by atoms with E-state index in [-0.39, 0.29) is 17.2 Å². The average molecular weight is 226 g/mol. The van der Waals surface area contributed by atoms with Crippen LogP contribution >= 0.6 is 11.6 Å². The Morgan fingerprint density at radius 1 is 1.53 bits per heavy atom. The topological polar surface area (TPSA) is 55.3 Å². The van der Waals surface area contributed by atoms with E-state index < -0.39 is 0 Å². The van der Waals surface area contributed by atoms with Crippen molar-refractivity contribution in [3.63, 3.8) is 0 Å². The molecule has 0 aliphatic carbocycles. The molecule has 1 amide bonds. The lowest BCUT2D eigenvalue weighted by Gasteiger charge is -2.34. The molecule has 1 aromatic heterocycles. The van der Waals surface area contributed by atoms with Gasteiger partial charge >= 0.3 is 0 Å². The highest BCUT2D eigenvalue weighted by Gasteiger charge is 2.38. The number of ether oxygens (including phenoxy) is 1. The van der Waals surface area contributed by atoms with Gasteiger partial charge in [-0.15, -0.1) is 0 Å². The third kappa shape index (κ3) is 1.31. The Hall–Kier alpha value is -1.20. The van der Waals surface area contributed by atoms with Crippen LogP contribution in [-0.2, 0) is 16.0 Å². The molecule has 0 unspecified atom stereocenters. The molecule has 1 fully saturated rings. The molecule has 2 aliphatic heterocycles. The summed E-state index contributed by atoms with van der Waals surface area (Å²) in [5.74, 6) is 0.697. The van der Waals surface area contributed by atoms with E-state index in [1.54, 1.807) is 11.1 Å². The molecule has 1 saturated heterocycles. The van der Waals surface area contributed by atoms with E-state index in [1.165, 1.54) is 0 Å². The zero-order valence-electron chi connectivity index (χ0n) is 7.81. The molecule has 0 bridgehead atoms. The van der Waals surface area contributed by atoms with Gasteiger partial charge in [0.25, 0.3) is 0 Å². The van der Waals surface area contributed by atoms with Crippen molar-refractivity contribution in [1.29, 1.82) is 0 Å². The molecule has 78 valence electrons. The summed E-state index contributed by atoms with van der Waals surface area (Å²) in [6.07, 6.45) is 1.98. The van der Waals surface area contributed by atoms with E-state index in [4.69, 9.17) is 16.3 Å². The quantitative estimate of drug-likeness (QED) is 0.650. The lowest BCUT2D eigenvalue weighted by Crippen LogP contribution is -2.50. The van der Waals surface area contributed by atoms with Crippen molar-refractivity contribution < 1.29 is 9.53 Å².